The van der Waals surface area contributed by atoms with Crippen molar-refractivity contribution in [3.63, 3.8) is 0 Å². The number of anilines is 1. The lowest BCUT2D eigenvalue weighted by Gasteiger charge is -2.45. The number of nitrogens with zero attached hydrogens (tertiary/aromatic N) is 2. The molecule has 1 saturated heterocycles. The summed E-state index contributed by atoms with van der Waals surface area (Å²) in [5.74, 6) is -0.390. The number of ether oxygens (including phenoxy) is 1. The van der Waals surface area contributed by atoms with Crippen LogP contribution >= 0.6 is 0 Å². The average Bonchev–Trinajstić information content (AvgIpc) is 3.06. The van der Waals surface area contributed by atoms with Gasteiger partial charge >= 0.3 is 6.09 Å². The van der Waals surface area contributed by atoms with Crippen LogP contribution in [-0.2, 0) is 20.9 Å². The minimum Gasteiger partial charge on any atom is -0.443 e. The number of rotatable bonds is 14. The molecule has 2 aromatic carbocycles. The average molecular weight is 600 g/mol. The summed E-state index contributed by atoms with van der Waals surface area (Å²) in [5, 5.41) is 5.74. The van der Waals surface area contributed by atoms with Crippen LogP contribution in [-0.4, -0.2) is 48.1 Å². The highest BCUT2D eigenvalue weighted by atomic mass is 16.5. The SMILES string of the molecule is CC[C@H](C)[C@H](NC(=O)OCc1ccccn1)C(=O)NCCCC[C@@H]1[C@@H](C(N)=O)N(c2ccccc2)CC[C@H]1c1ccccc1. The first-order chi connectivity index (χ1) is 21.4. The van der Waals surface area contributed by atoms with E-state index in [1.807, 2.05) is 68.4 Å². The Morgan fingerprint density at radius 1 is 1.00 bits per heavy atom. The molecule has 1 aliphatic rings. The number of nitrogens with two attached hydrogens (primary N) is 1. The number of para-hydroxylation sites is 1. The van der Waals surface area contributed by atoms with E-state index < -0.39 is 18.2 Å². The van der Waals surface area contributed by atoms with E-state index in [1.165, 1.54) is 5.56 Å². The third kappa shape index (κ3) is 8.81. The van der Waals surface area contributed by atoms with Crippen molar-refractivity contribution < 1.29 is 19.1 Å². The van der Waals surface area contributed by atoms with E-state index in [2.05, 4.69) is 32.7 Å². The number of nitrogens with one attached hydrogen (secondary N) is 2. The first-order valence-corrected chi connectivity index (χ1v) is 15.7. The van der Waals surface area contributed by atoms with Crippen molar-refractivity contribution >= 4 is 23.6 Å². The Hall–Kier alpha value is -4.40. The van der Waals surface area contributed by atoms with Gasteiger partial charge in [-0.25, -0.2) is 4.79 Å². The van der Waals surface area contributed by atoms with Crippen LogP contribution in [0.25, 0.3) is 0 Å². The summed E-state index contributed by atoms with van der Waals surface area (Å²) in [7, 11) is 0. The molecule has 1 aromatic heterocycles. The van der Waals surface area contributed by atoms with Crippen molar-refractivity contribution in [2.75, 3.05) is 18.0 Å². The summed E-state index contributed by atoms with van der Waals surface area (Å²) in [6, 6.07) is 24.6. The second-order valence-electron chi connectivity index (χ2n) is 11.5. The van der Waals surface area contributed by atoms with Gasteiger partial charge in [0.15, 0.2) is 0 Å². The fourth-order valence-electron chi connectivity index (χ4n) is 6.15. The van der Waals surface area contributed by atoms with E-state index in [0.29, 0.717) is 18.7 Å². The van der Waals surface area contributed by atoms with Gasteiger partial charge in [-0.05, 0) is 66.8 Å². The number of alkyl carbamates (subject to hydrolysis) is 1. The molecule has 44 heavy (non-hydrogen) atoms. The number of unbranched alkanes of at least 4 members (excludes halogenated alkanes) is 1. The van der Waals surface area contributed by atoms with Crippen LogP contribution in [0.3, 0.4) is 0 Å². The zero-order valence-electron chi connectivity index (χ0n) is 25.7. The number of hydrogen-bond donors (Lipinski definition) is 3. The second kappa shape index (κ2) is 16.4. The molecule has 3 amide bonds. The maximum absolute atomic E-state index is 13.1. The summed E-state index contributed by atoms with van der Waals surface area (Å²) in [6.07, 6.45) is 4.96. The van der Waals surface area contributed by atoms with Crippen molar-refractivity contribution in [1.29, 1.82) is 0 Å². The predicted molar refractivity (Wildman–Crippen MR) is 172 cm³/mol. The highest BCUT2D eigenvalue weighted by Gasteiger charge is 2.41. The Balaban J connectivity index is 1.35. The maximum Gasteiger partial charge on any atom is 0.408 e. The Kier molecular flexibility index (Phi) is 12.2. The molecule has 4 N–H and O–H groups in total. The summed E-state index contributed by atoms with van der Waals surface area (Å²) < 4.78 is 5.30. The molecule has 1 aliphatic heterocycles. The molecule has 2 heterocycles. The second-order valence-corrected chi connectivity index (χ2v) is 11.5. The zero-order valence-corrected chi connectivity index (χ0v) is 25.7. The quantitative estimate of drug-likeness (QED) is 0.219. The number of carbonyl (C=O) groups excluding carboxylic acids is 3. The lowest BCUT2D eigenvalue weighted by Crippen LogP contribution is -2.55. The number of carbonyl (C=O) groups is 3. The van der Waals surface area contributed by atoms with Gasteiger partial charge < -0.3 is 26.0 Å². The van der Waals surface area contributed by atoms with Gasteiger partial charge in [-0.3, -0.25) is 14.6 Å². The van der Waals surface area contributed by atoms with E-state index in [1.54, 1.807) is 18.3 Å². The first kappa shape index (κ1) is 32.5. The summed E-state index contributed by atoms with van der Waals surface area (Å²) in [6.45, 7) is 5.15. The van der Waals surface area contributed by atoms with Crippen molar-refractivity contribution in [2.45, 2.75) is 70.6 Å². The highest BCUT2D eigenvalue weighted by Crippen LogP contribution is 2.41. The number of aromatic nitrogens is 1. The van der Waals surface area contributed by atoms with Crippen LogP contribution in [0.4, 0.5) is 10.5 Å². The largest absolute Gasteiger partial charge is 0.443 e. The molecule has 0 spiro atoms. The lowest BCUT2D eigenvalue weighted by atomic mass is 9.73. The minimum atomic E-state index is -0.712. The van der Waals surface area contributed by atoms with Crippen molar-refractivity contribution in [1.82, 2.24) is 15.6 Å². The third-order valence-electron chi connectivity index (χ3n) is 8.66. The van der Waals surface area contributed by atoms with Crippen LogP contribution in [0, 0.1) is 11.8 Å². The van der Waals surface area contributed by atoms with Gasteiger partial charge in [0.25, 0.3) is 0 Å². The molecular formula is C35H45N5O4. The van der Waals surface area contributed by atoms with Gasteiger partial charge in [-0.2, -0.15) is 0 Å². The molecule has 1 fully saturated rings. The Morgan fingerprint density at radius 3 is 2.36 bits per heavy atom. The molecule has 3 aromatic rings. The van der Waals surface area contributed by atoms with Crippen LogP contribution in [0.1, 0.15) is 63.1 Å². The molecule has 4 rings (SSSR count). The molecule has 5 atom stereocenters. The molecule has 0 bridgehead atoms. The minimum absolute atomic E-state index is 0.0284. The summed E-state index contributed by atoms with van der Waals surface area (Å²) in [5.41, 5.74) is 8.94. The molecule has 0 radical (unpaired) electrons. The van der Waals surface area contributed by atoms with E-state index in [4.69, 9.17) is 10.5 Å². The molecular weight excluding hydrogens is 554 g/mol. The van der Waals surface area contributed by atoms with E-state index in [9.17, 15) is 14.4 Å². The van der Waals surface area contributed by atoms with Crippen LogP contribution in [0.15, 0.2) is 85.1 Å². The van der Waals surface area contributed by atoms with Crippen LogP contribution in [0.5, 0.6) is 0 Å². The molecule has 234 valence electrons. The first-order valence-electron chi connectivity index (χ1n) is 15.7. The smallest absolute Gasteiger partial charge is 0.408 e. The Labute approximate surface area is 260 Å². The predicted octanol–water partition coefficient (Wildman–Crippen LogP) is 5.17. The lowest BCUT2D eigenvalue weighted by molar-refractivity contribution is -0.124. The fourth-order valence-corrected chi connectivity index (χ4v) is 6.15. The normalized spacial score (nSPS) is 19.4. The summed E-state index contributed by atoms with van der Waals surface area (Å²) in [4.78, 5) is 44.9. The molecule has 0 saturated carbocycles. The third-order valence-corrected chi connectivity index (χ3v) is 8.66. The van der Waals surface area contributed by atoms with E-state index in [0.717, 1.165) is 37.9 Å². The van der Waals surface area contributed by atoms with Gasteiger partial charge in [0.1, 0.15) is 18.7 Å². The fraction of sp³-hybridized carbons (Fsp3) is 0.429. The van der Waals surface area contributed by atoms with Gasteiger partial charge in [-0.1, -0.05) is 81.3 Å². The molecule has 0 unspecified atom stereocenters. The van der Waals surface area contributed by atoms with Gasteiger partial charge in [-0.15, -0.1) is 0 Å². The highest BCUT2D eigenvalue weighted by molar-refractivity contribution is 5.86. The maximum atomic E-state index is 13.1. The summed E-state index contributed by atoms with van der Waals surface area (Å²) >= 11 is 0. The molecule has 9 nitrogen and oxygen atoms in total. The van der Waals surface area contributed by atoms with Crippen LogP contribution < -0.4 is 21.3 Å². The van der Waals surface area contributed by atoms with Crippen molar-refractivity contribution in [3.8, 4) is 0 Å². The Bertz CT molecular complexity index is 1320. The molecule has 0 aliphatic carbocycles. The monoisotopic (exact) mass is 599 g/mol. The standard InChI is InChI=1S/C35H45N5O4/c1-3-25(2)31(39-35(43)44-24-27-16-10-12-21-37-27)34(42)38-22-13-11-19-30-29(26-14-6-4-7-15-26)20-23-40(32(30)33(36)41)28-17-8-5-9-18-28/h4-10,12,14-18,21,25,29-32H,3,11,13,19-20,22-24H2,1-2H3,(H2,36,41)(H,38,42)(H,39,43)/t25-,29-,30-,31-,32-/m0/s1. The number of piperidine rings is 1. The number of primary amides is 1. The van der Waals surface area contributed by atoms with E-state index in [-0.39, 0.29) is 36.2 Å². The number of pyridine rings is 1. The topological polar surface area (TPSA) is 127 Å². The van der Waals surface area contributed by atoms with Gasteiger partial charge in [0.2, 0.25) is 11.8 Å². The Morgan fingerprint density at radius 2 is 1.70 bits per heavy atom. The number of benzene rings is 2. The van der Waals surface area contributed by atoms with E-state index >= 15 is 0 Å². The van der Waals surface area contributed by atoms with Gasteiger partial charge in [0.05, 0.1) is 5.69 Å². The number of hydrogen-bond acceptors (Lipinski definition) is 6. The van der Waals surface area contributed by atoms with Gasteiger partial charge in [0, 0.05) is 25.0 Å². The van der Waals surface area contributed by atoms with Crippen molar-refractivity contribution in [2.24, 2.45) is 17.6 Å². The zero-order chi connectivity index (χ0) is 31.3. The number of amides is 3. The molecule has 9 heteroatoms. The van der Waals surface area contributed by atoms with Crippen molar-refractivity contribution in [3.05, 3.63) is 96.3 Å². The van der Waals surface area contributed by atoms with Crippen LogP contribution in [0.2, 0.25) is 0 Å².